The molecule has 0 radical (unpaired) electrons. The summed E-state index contributed by atoms with van der Waals surface area (Å²) in [6, 6.07) is 16.4. The van der Waals surface area contributed by atoms with E-state index in [0.29, 0.717) is 12.2 Å². The second-order valence-electron chi connectivity index (χ2n) is 7.31. The second kappa shape index (κ2) is 12.2. The molecule has 0 saturated carbocycles. The van der Waals surface area contributed by atoms with E-state index in [4.69, 9.17) is 10.5 Å². The van der Waals surface area contributed by atoms with Gasteiger partial charge in [0.15, 0.2) is 6.61 Å². The van der Waals surface area contributed by atoms with Crippen molar-refractivity contribution < 1.29 is 14.3 Å². The number of amides is 2. The summed E-state index contributed by atoms with van der Waals surface area (Å²) >= 11 is 0. The lowest BCUT2D eigenvalue weighted by molar-refractivity contribution is -0.131. The molecule has 0 aliphatic heterocycles. The van der Waals surface area contributed by atoms with Crippen molar-refractivity contribution in [3.63, 3.8) is 0 Å². The van der Waals surface area contributed by atoms with E-state index in [1.807, 2.05) is 68.4 Å². The lowest BCUT2D eigenvalue weighted by Crippen LogP contribution is -2.37. The van der Waals surface area contributed by atoms with Gasteiger partial charge in [-0.25, -0.2) is 0 Å². The van der Waals surface area contributed by atoms with Crippen LogP contribution in [0.4, 0.5) is 0 Å². The van der Waals surface area contributed by atoms with Crippen LogP contribution in [0.3, 0.4) is 0 Å². The van der Waals surface area contributed by atoms with Gasteiger partial charge in [-0.2, -0.15) is 0 Å². The summed E-state index contributed by atoms with van der Waals surface area (Å²) in [5.74, 6) is -0.0450. The third-order valence-corrected chi connectivity index (χ3v) is 5.01. The van der Waals surface area contributed by atoms with E-state index < -0.39 is 12.0 Å². The molecule has 0 heterocycles. The first-order chi connectivity index (χ1) is 13.8. The van der Waals surface area contributed by atoms with Crippen molar-refractivity contribution in [3.05, 3.63) is 65.7 Å². The number of nitrogens with one attached hydrogen (secondary N) is 1. The Morgan fingerprint density at radius 1 is 1.07 bits per heavy atom. The van der Waals surface area contributed by atoms with Crippen molar-refractivity contribution in [2.24, 2.45) is 11.7 Å². The van der Waals surface area contributed by atoms with Crippen LogP contribution in [0.15, 0.2) is 54.6 Å². The van der Waals surface area contributed by atoms with E-state index in [0.717, 1.165) is 11.1 Å². The van der Waals surface area contributed by atoms with Crippen LogP contribution in [0.2, 0.25) is 0 Å². The Kier molecular flexibility index (Phi) is 10.4. The molecule has 164 valence electrons. The third-order valence-electron chi connectivity index (χ3n) is 5.01. The average molecular weight is 434 g/mol. The Morgan fingerprint density at radius 2 is 1.67 bits per heavy atom. The fourth-order valence-corrected chi connectivity index (χ4v) is 3.00. The maximum Gasteiger partial charge on any atom is 0.259 e. The minimum Gasteiger partial charge on any atom is -0.483 e. The lowest BCUT2D eigenvalue weighted by atomic mass is 9.93. The summed E-state index contributed by atoms with van der Waals surface area (Å²) in [7, 11) is 3.37. The summed E-state index contributed by atoms with van der Waals surface area (Å²) in [6.45, 7) is 3.77. The largest absolute Gasteiger partial charge is 0.483 e. The molecule has 0 saturated heterocycles. The van der Waals surface area contributed by atoms with E-state index in [9.17, 15) is 9.59 Å². The first-order valence-corrected chi connectivity index (χ1v) is 9.87. The smallest absolute Gasteiger partial charge is 0.259 e. The number of halogens is 1. The van der Waals surface area contributed by atoms with Crippen LogP contribution >= 0.6 is 12.4 Å². The number of carbonyl (C=O) groups excluding carboxylic acids is 2. The monoisotopic (exact) mass is 433 g/mol. The van der Waals surface area contributed by atoms with Crippen LogP contribution in [0.25, 0.3) is 0 Å². The zero-order valence-electron chi connectivity index (χ0n) is 18.0. The Labute approximate surface area is 185 Å². The Morgan fingerprint density at radius 3 is 2.27 bits per heavy atom. The molecule has 30 heavy (non-hydrogen) atoms. The molecule has 2 amide bonds. The highest BCUT2D eigenvalue weighted by Crippen LogP contribution is 2.28. The molecule has 3 N–H and O–H groups in total. The molecule has 2 aromatic rings. The molecule has 6 nitrogen and oxygen atoms in total. The van der Waals surface area contributed by atoms with Crippen LogP contribution in [0, 0.1) is 5.92 Å². The van der Waals surface area contributed by atoms with Gasteiger partial charge in [-0.05, 0) is 18.1 Å². The van der Waals surface area contributed by atoms with Crippen LogP contribution < -0.4 is 15.8 Å². The number of benzene rings is 2. The number of ether oxygens (including phenoxy) is 1. The molecule has 3 unspecified atom stereocenters. The van der Waals surface area contributed by atoms with Crippen LogP contribution in [-0.4, -0.2) is 37.4 Å². The third kappa shape index (κ3) is 6.75. The first-order valence-electron chi connectivity index (χ1n) is 9.87. The topological polar surface area (TPSA) is 84.7 Å². The zero-order chi connectivity index (χ0) is 21.4. The number of hydrogen-bond donors (Lipinski definition) is 2. The lowest BCUT2D eigenvalue weighted by Gasteiger charge is -2.25. The minimum absolute atomic E-state index is 0. The standard InChI is InChI=1S/C23H31N3O3.ClH/c1-5-19(18-13-9-10-14-20(18)29-15-21(27)26(3)4)25-23(28)16(2)22(24)17-11-7-6-8-12-17;/h6-14,16,19,22H,5,15,24H2,1-4H3,(H,25,28);1H. The van der Waals surface area contributed by atoms with E-state index in [2.05, 4.69) is 5.32 Å². The van der Waals surface area contributed by atoms with Crippen LogP contribution in [0.1, 0.15) is 43.5 Å². The Balaban J connectivity index is 0.00000450. The van der Waals surface area contributed by atoms with Gasteiger partial charge in [0.1, 0.15) is 5.75 Å². The summed E-state index contributed by atoms with van der Waals surface area (Å²) in [5.41, 5.74) is 8.07. The van der Waals surface area contributed by atoms with Gasteiger partial charge in [0.2, 0.25) is 5.91 Å². The molecule has 0 aliphatic rings. The summed E-state index contributed by atoms with van der Waals surface area (Å²) < 4.78 is 5.73. The number of rotatable bonds is 9. The second-order valence-corrected chi connectivity index (χ2v) is 7.31. The summed E-state index contributed by atoms with van der Waals surface area (Å²) in [5, 5.41) is 3.09. The molecule has 2 aromatic carbocycles. The van der Waals surface area contributed by atoms with Gasteiger partial charge in [0.25, 0.3) is 5.91 Å². The maximum atomic E-state index is 12.9. The zero-order valence-corrected chi connectivity index (χ0v) is 18.8. The number of likely N-dealkylation sites (N-methyl/N-ethyl adjacent to an activating group) is 1. The first kappa shape index (κ1) is 25.5. The average Bonchev–Trinajstić information content (AvgIpc) is 2.75. The van der Waals surface area contributed by atoms with E-state index in [1.165, 1.54) is 4.90 Å². The van der Waals surface area contributed by atoms with E-state index >= 15 is 0 Å². The van der Waals surface area contributed by atoms with Crippen LogP contribution in [0.5, 0.6) is 5.75 Å². The normalized spacial score (nSPS) is 13.4. The fraction of sp³-hybridized carbons (Fsp3) is 0.391. The van der Waals surface area contributed by atoms with Crippen molar-refractivity contribution in [2.45, 2.75) is 32.4 Å². The molecular weight excluding hydrogens is 402 g/mol. The van der Waals surface area contributed by atoms with Gasteiger partial charge < -0.3 is 20.7 Å². The number of nitrogens with zero attached hydrogens (tertiary/aromatic N) is 1. The van der Waals surface area contributed by atoms with Crippen LogP contribution in [-0.2, 0) is 9.59 Å². The molecule has 0 aliphatic carbocycles. The Bertz CT molecular complexity index is 814. The van der Waals surface area contributed by atoms with E-state index in [-0.39, 0.29) is 36.9 Å². The highest BCUT2D eigenvalue weighted by atomic mass is 35.5. The summed E-state index contributed by atoms with van der Waals surface area (Å²) in [6.07, 6.45) is 0.682. The molecule has 7 heteroatoms. The van der Waals surface area contributed by atoms with Gasteiger partial charge in [-0.15, -0.1) is 12.4 Å². The fourth-order valence-electron chi connectivity index (χ4n) is 3.00. The number of nitrogens with two attached hydrogens (primary N) is 1. The number of carbonyl (C=O) groups is 2. The van der Waals surface area contributed by atoms with Gasteiger partial charge in [0.05, 0.1) is 12.0 Å². The SMILES string of the molecule is CCC(NC(=O)C(C)C(N)c1ccccc1)c1ccccc1OCC(=O)N(C)C.Cl. The summed E-state index contributed by atoms with van der Waals surface area (Å²) in [4.78, 5) is 26.2. The van der Waals surface area contributed by atoms with Gasteiger partial charge in [0, 0.05) is 25.7 Å². The quantitative estimate of drug-likeness (QED) is 0.634. The predicted molar refractivity (Wildman–Crippen MR) is 122 cm³/mol. The molecule has 0 bridgehead atoms. The van der Waals surface area contributed by atoms with Gasteiger partial charge in [-0.1, -0.05) is 62.4 Å². The van der Waals surface area contributed by atoms with Crippen molar-refractivity contribution in [2.75, 3.05) is 20.7 Å². The van der Waals surface area contributed by atoms with Crippen molar-refractivity contribution in [3.8, 4) is 5.75 Å². The minimum atomic E-state index is -0.394. The predicted octanol–water partition coefficient (Wildman–Crippen LogP) is 3.48. The highest BCUT2D eigenvalue weighted by Gasteiger charge is 2.25. The van der Waals surface area contributed by atoms with Gasteiger partial charge >= 0.3 is 0 Å². The molecule has 0 fully saturated rings. The molecule has 0 spiro atoms. The van der Waals surface area contributed by atoms with Crippen molar-refractivity contribution in [1.29, 1.82) is 0 Å². The Hall–Kier alpha value is -2.57. The molecule has 3 atom stereocenters. The van der Waals surface area contributed by atoms with E-state index in [1.54, 1.807) is 14.1 Å². The molecule has 2 rings (SSSR count). The number of hydrogen-bond acceptors (Lipinski definition) is 4. The van der Waals surface area contributed by atoms with Crippen molar-refractivity contribution >= 4 is 24.2 Å². The van der Waals surface area contributed by atoms with Gasteiger partial charge in [-0.3, -0.25) is 9.59 Å². The highest BCUT2D eigenvalue weighted by molar-refractivity contribution is 5.85. The number of para-hydroxylation sites is 1. The maximum absolute atomic E-state index is 12.9. The van der Waals surface area contributed by atoms with Crippen molar-refractivity contribution in [1.82, 2.24) is 10.2 Å². The molecule has 0 aromatic heterocycles. The molecular formula is C23H32ClN3O3.